The molecule has 3 aromatic rings. The van der Waals surface area contributed by atoms with E-state index in [2.05, 4.69) is 10.3 Å². The number of amides is 1. The molecule has 1 amide bonds. The minimum atomic E-state index is 0.0789. The van der Waals surface area contributed by atoms with Crippen LogP contribution in [0, 0.1) is 0 Å². The van der Waals surface area contributed by atoms with E-state index in [0.717, 1.165) is 16.9 Å². The smallest absolute Gasteiger partial charge is 0.227 e. The van der Waals surface area contributed by atoms with Gasteiger partial charge in [0.05, 0.1) is 38.2 Å². The maximum Gasteiger partial charge on any atom is 0.227 e. The molecule has 2 aromatic carbocycles. The first-order valence-electron chi connectivity index (χ1n) is 9.14. The van der Waals surface area contributed by atoms with E-state index in [1.54, 1.807) is 25.0 Å². The van der Waals surface area contributed by atoms with E-state index in [1.165, 1.54) is 0 Å². The molecule has 0 aliphatic carbocycles. The Balaban J connectivity index is 1.37. The summed E-state index contributed by atoms with van der Waals surface area (Å²) >= 11 is 0. The molecule has 0 saturated carbocycles. The van der Waals surface area contributed by atoms with Crippen LogP contribution in [0.5, 0.6) is 11.5 Å². The van der Waals surface area contributed by atoms with Crippen LogP contribution in [0.1, 0.15) is 17.2 Å². The Morgan fingerprint density at radius 3 is 2.61 bits per heavy atom. The number of methoxy groups -OCH3 is 2. The first-order chi connectivity index (χ1) is 13.7. The molecule has 7 heteroatoms. The molecule has 7 nitrogen and oxygen atoms in total. The highest BCUT2D eigenvalue weighted by atomic mass is 16.5. The Labute approximate surface area is 163 Å². The molecule has 0 radical (unpaired) electrons. The highest BCUT2D eigenvalue weighted by Crippen LogP contribution is 2.29. The molecule has 2 heterocycles. The average Bonchev–Trinajstić information content (AvgIpc) is 3.17. The summed E-state index contributed by atoms with van der Waals surface area (Å²) in [5.41, 5.74) is 2.74. The Kier molecular flexibility index (Phi) is 4.97. The van der Waals surface area contributed by atoms with Gasteiger partial charge < -0.3 is 14.4 Å². The van der Waals surface area contributed by atoms with Gasteiger partial charge >= 0.3 is 0 Å². The number of hydrogen-bond donors (Lipinski definition) is 0. The van der Waals surface area contributed by atoms with Crippen LogP contribution in [0.2, 0.25) is 0 Å². The number of likely N-dealkylation sites (tertiary alicyclic amines) is 1. The molecule has 0 spiro atoms. The number of rotatable bonds is 6. The molecule has 1 aromatic heterocycles. The number of nitrogens with zero attached hydrogens (tertiary/aromatic N) is 4. The summed E-state index contributed by atoms with van der Waals surface area (Å²) in [6.45, 7) is 1.32. The van der Waals surface area contributed by atoms with E-state index in [-0.39, 0.29) is 11.8 Å². The summed E-state index contributed by atoms with van der Waals surface area (Å²) in [6.07, 6.45) is 2.24. The minimum absolute atomic E-state index is 0.0789. The van der Waals surface area contributed by atoms with Gasteiger partial charge in [0.1, 0.15) is 11.5 Å². The van der Waals surface area contributed by atoms with Crippen LogP contribution < -0.4 is 9.47 Å². The van der Waals surface area contributed by atoms with E-state index in [1.807, 2.05) is 53.6 Å². The van der Waals surface area contributed by atoms with E-state index in [4.69, 9.17) is 9.47 Å². The van der Waals surface area contributed by atoms with E-state index < -0.39 is 0 Å². The molecule has 0 N–H and O–H groups in total. The van der Waals surface area contributed by atoms with Gasteiger partial charge in [0.2, 0.25) is 5.91 Å². The predicted octanol–water partition coefficient (Wildman–Crippen LogP) is 2.45. The van der Waals surface area contributed by atoms with Crippen molar-refractivity contribution in [3.8, 4) is 17.2 Å². The van der Waals surface area contributed by atoms with Crippen LogP contribution in [0.3, 0.4) is 0 Å². The Bertz CT molecular complexity index is 965. The lowest BCUT2D eigenvalue weighted by atomic mass is 9.96. The summed E-state index contributed by atoms with van der Waals surface area (Å²) in [5.74, 6) is 1.67. The summed E-state index contributed by atoms with van der Waals surface area (Å²) in [4.78, 5) is 14.5. The average molecular weight is 378 g/mol. The number of hydrogen-bond acceptors (Lipinski definition) is 5. The zero-order valence-electron chi connectivity index (χ0n) is 15.9. The standard InChI is InChI=1S/C21H22N4O3/c1-27-18-9-8-15(20(11-18)28-2)10-21(26)24-12-16(13-24)19-14-25(23-22-19)17-6-4-3-5-7-17/h3-9,11,14,16H,10,12-13H2,1-2H3. The molecule has 144 valence electrons. The third-order valence-electron chi connectivity index (χ3n) is 5.02. The van der Waals surface area contributed by atoms with Gasteiger partial charge in [0.25, 0.3) is 0 Å². The van der Waals surface area contributed by atoms with E-state index >= 15 is 0 Å². The summed E-state index contributed by atoms with van der Waals surface area (Å²) in [5, 5.41) is 8.48. The number of carbonyl (C=O) groups is 1. The fourth-order valence-corrected chi connectivity index (χ4v) is 3.31. The maximum absolute atomic E-state index is 12.6. The topological polar surface area (TPSA) is 69.5 Å². The van der Waals surface area contributed by atoms with Gasteiger partial charge in [-0.15, -0.1) is 5.10 Å². The van der Waals surface area contributed by atoms with Crippen molar-refractivity contribution < 1.29 is 14.3 Å². The molecule has 1 fully saturated rings. The third-order valence-corrected chi connectivity index (χ3v) is 5.02. The second kappa shape index (κ2) is 7.72. The van der Waals surface area contributed by atoms with Crippen molar-refractivity contribution in [2.45, 2.75) is 12.3 Å². The Hall–Kier alpha value is -3.35. The van der Waals surface area contributed by atoms with Gasteiger partial charge in [-0.2, -0.15) is 0 Å². The zero-order valence-corrected chi connectivity index (χ0v) is 15.9. The van der Waals surface area contributed by atoms with Gasteiger partial charge in [-0.1, -0.05) is 29.5 Å². The highest BCUT2D eigenvalue weighted by Gasteiger charge is 2.33. The summed E-state index contributed by atoms with van der Waals surface area (Å²) in [7, 11) is 3.20. The fraction of sp³-hybridized carbons (Fsp3) is 0.286. The fourth-order valence-electron chi connectivity index (χ4n) is 3.31. The lowest BCUT2D eigenvalue weighted by Crippen LogP contribution is -2.49. The Morgan fingerprint density at radius 1 is 1.11 bits per heavy atom. The van der Waals surface area contributed by atoms with Gasteiger partial charge in [0, 0.05) is 30.6 Å². The van der Waals surface area contributed by atoms with Gasteiger partial charge in [-0.3, -0.25) is 4.79 Å². The molecule has 0 bridgehead atoms. The lowest BCUT2D eigenvalue weighted by molar-refractivity contribution is -0.134. The van der Waals surface area contributed by atoms with Crippen molar-refractivity contribution >= 4 is 5.91 Å². The molecule has 4 rings (SSSR count). The summed E-state index contributed by atoms with van der Waals surface area (Å²) < 4.78 is 12.4. The quantitative estimate of drug-likeness (QED) is 0.659. The first kappa shape index (κ1) is 18.0. The van der Waals surface area contributed by atoms with Crippen LogP contribution in [0.25, 0.3) is 5.69 Å². The normalized spacial score (nSPS) is 13.9. The molecule has 1 saturated heterocycles. The van der Waals surface area contributed by atoms with Gasteiger partial charge in [-0.05, 0) is 18.2 Å². The maximum atomic E-state index is 12.6. The Morgan fingerprint density at radius 2 is 1.89 bits per heavy atom. The number of benzene rings is 2. The van der Waals surface area contributed by atoms with Gasteiger partial charge in [0.15, 0.2) is 0 Å². The molecular formula is C21H22N4O3. The van der Waals surface area contributed by atoms with E-state index in [9.17, 15) is 4.79 Å². The number of carbonyl (C=O) groups excluding carboxylic acids is 1. The van der Waals surface area contributed by atoms with Crippen LogP contribution in [-0.2, 0) is 11.2 Å². The molecule has 0 atom stereocenters. The van der Waals surface area contributed by atoms with Crippen molar-refractivity contribution in [1.82, 2.24) is 19.9 Å². The van der Waals surface area contributed by atoms with Crippen LogP contribution in [-0.4, -0.2) is 53.1 Å². The predicted molar refractivity (Wildman–Crippen MR) is 104 cm³/mol. The van der Waals surface area contributed by atoms with E-state index in [0.29, 0.717) is 31.0 Å². The van der Waals surface area contributed by atoms with Crippen molar-refractivity contribution in [1.29, 1.82) is 0 Å². The second-order valence-corrected chi connectivity index (χ2v) is 6.77. The molecular weight excluding hydrogens is 356 g/mol. The minimum Gasteiger partial charge on any atom is -0.497 e. The van der Waals surface area contributed by atoms with Crippen LogP contribution in [0.4, 0.5) is 0 Å². The van der Waals surface area contributed by atoms with Crippen molar-refractivity contribution in [3.63, 3.8) is 0 Å². The lowest BCUT2D eigenvalue weighted by Gasteiger charge is -2.38. The molecule has 28 heavy (non-hydrogen) atoms. The van der Waals surface area contributed by atoms with Crippen molar-refractivity contribution in [3.05, 3.63) is 66.0 Å². The second-order valence-electron chi connectivity index (χ2n) is 6.77. The molecule has 1 aliphatic rings. The molecule has 1 aliphatic heterocycles. The highest BCUT2D eigenvalue weighted by molar-refractivity contribution is 5.80. The van der Waals surface area contributed by atoms with Gasteiger partial charge in [-0.25, -0.2) is 4.68 Å². The van der Waals surface area contributed by atoms with Crippen molar-refractivity contribution in [2.75, 3.05) is 27.3 Å². The first-order valence-corrected chi connectivity index (χ1v) is 9.14. The third kappa shape index (κ3) is 3.55. The summed E-state index contributed by atoms with van der Waals surface area (Å²) in [6, 6.07) is 15.4. The van der Waals surface area contributed by atoms with Crippen LogP contribution in [0.15, 0.2) is 54.7 Å². The number of aromatic nitrogens is 3. The monoisotopic (exact) mass is 378 g/mol. The largest absolute Gasteiger partial charge is 0.497 e. The number of ether oxygens (including phenoxy) is 2. The zero-order chi connectivity index (χ0) is 19.5. The number of para-hydroxylation sites is 1. The van der Waals surface area contributed by atoms with Crippen molar-refractivity contribution in [2.24, 2.45) is 0 Å². The van der Waals surface area contributed by atoms with Crippen LogP contribution >= 0.6 is 0 Å². The SMILES string of the molecule is COc1ccc(CC(=O)N2CC(c3cn(-c4ccccc4)nn3)C2)c(OC)c1. The molecule has 0 unspecified atom stereocenters.